The summed E-state index contributed by atoms with van der Waals surface area (Å²) >= 11 is 0. The zero-order valence-electron chi connectivity index (χ0n) is 7.26. The Balaban J connectivity index is 2.78. The number of hydrogen-bond acceptors (Lipinski definition) is 5. The molecule has 0 aliphatic carbocycles. The summed E-state index contributed by atoms with van der Waals surface area (Å²) in [5, 5.41) is 10.6. The number of methoxy groups -OCH3 is 1. The molecule has 0 saturated carbocycles. The van der Waals surface area contributed by atoms with Gasteiger partial charge in [-0.15, -0.1) is 0 Å². The molecule has 0 bridgehead atoms. The maximum Gasteiger partial charge on any atom is 0.314 e. The van der Waals surface area contributed by atoms with Crippen LogP contribution in [0.15, 0.2) is 22.9 Å². The van der Waals surface area contributed by atoms with E-state index in [4.69, 9.17) is 9.15 Å². The average molecular weight is 194 g/mol. The Morgan fingerprint density at radius 3 is 3.00 bits per heavy atom. The molecule has 0 spiro atoms. The highest BCUT2D eigenvalue weighted by molar-refractivity contribution is 5.87. The minimum absolute atomic E-state index is 0.113. The van der Waals surface area contributed by atoms with E-state index in [0.29, 0.717) is 11.3 Å². The highest BCUT2D eigenvalue weighted by Gasteiger charge is 2.18. The number of rotatable bonds is 2. The van der Waals surface area contributed by atoms with Crippen molar-refractivity contribution in [2.45, 2.75) is 0 Å². The molecule has 0 fully saturated rings. The van der Waals surface area contributed by atoms with Crippen molar-refractivity contribution in [3.05, 3.63) is 28.6 Å². The number of fused-ring (bicyclic) bond motifs is 1. The van der Waals surface area contributed by atoms with Gasteiger partial charge in [-0.25, -0.2) is 4.98 Å². The second-order valence-electron chi connectivity index (χ2n) is 2.57. The van der Waals surface area contributed by atoms with Crippen LogP contribution in [0.1, 0.15) is 0 Å². The molecule has 2 aromatic rings. The molecule has 72 valence electrons. The van der Waals surface area contributed by atoms with E-state index in [9.17, 15) is 10.1 Å². The first-order valence-corrected chi connectivity index (χ1v) is 3.78. The highest BCUT2D eigenvalue weighted by atomic mass is 16.6. The molecule has 0 unspecified atom stereocenters. The van der Waals surface area contributed by atoms with Gasteiger partial charge in [0.1, 0.15) is 5.75 Å². The highest BCUT2D eigenvalue weighted by Crippen LogP contribution is 2.31. The maximum atomic E-state index is 10.6. The fourth-order valence-corrected chi connectivity index (χ4v) is 1.22. The molecule has 6 nitrogen and oxygen atoms in total. The van der Waals surface area contributed by atoms with E-state index in [0.717, 1.165) is 6.39 Å². The quantitative estimate of drug-likeness (QED) is 0.537. The first-order chi connectivity index (χ1) is 6.74. The number of hydrogen-bond donors (Lipinski definition) is 0. The van der Waals surface area contributed by atoms with Crippen LogP contribution in [0.3, 0.4) is 0 Å². The average Bonchev–Trinajstić information content (AvgIpc) is 2.64. The molecule has 0 aliphatic rings. The molecule has 0 saturated heterocycles. The molecule has 1 aromatic heterocycles. The largest absolute Gasteiger partial charge is 0.494 e. The second kappa shape index (κ2) is 2.99. The van der Waals surface area contributed by atoms with Crippen LogP contribution in [0.5, 0.6) is 5.75 Å². The SMILES string of the molecule is COc1ccc([N+](=O)[O-])c2ocnc12. The molecule has 0 amide bonds. The third-order valence-corrected chi connectivity index (χ3v) is 1.84. The van der Waals surface area contributed by atoms with Crippen LogP contribution in [0.4, 0.5) is 5.69 Å². The lowest BCUT2D eigenvalue weighted by molar-refractivity contribution is -0.383. The molecule has 6 heteroatoms. The minimum Gasteiger partial charge on any atom is -0.494 e. The Morgan fingerprint density at radius 1 is 1.57 bits per heavy atom. The molecule has 1 aromatic carbocycles. The molecule has 0 atom stereocenters. The summed E-state index contributed by atoms with van der Waals surface area (Å²) in [5.74, 6) is 0.458. The number of benzene rings is 1. The Morgan fingerprint density at radius 2 is 2.36 bits per heavy atom. The van der Waals surface area contributed by atoms with Crippen molar-refractivity contribution < 1.29 is 14.1 Å². The molecule has 0 radical (unpaired) electrons. The molecular weight excluding hydrogens is 188 g/mol. The van der Waals surface area contributed by atoms with Gasteiger partial charge in [-0.05, 0) is 6.07 Å². The topological polar surface area (TPSA) is 78.4 Å². The van der Waals surface area contributed by atoms with Gasteiger partial charge in [0.15, 0.2) is 11.9 Å². The van der Waals surface area contributed by atoms with Crippen molar-refractivity contribution in [2.75, 3.05) is 7.11 Å². The lowest BCUT2D eigenvalue weighted by Gasteiger charge is -1.98. The predicted molar refractivity (Wildman–Crippen MR) is 47.2 cm³/mol. The van der Waals surface area contributed by atoms with Crippen molar-refractivity contribution in [2.24, 2.45) is 0 Å². The minimum atomic E-state index is -0.521. The monoisotopic (exact) mass is 194 g/mol. The second-order valence-corrected chi connectivity index (χ2v) is 2.57. The zero-order valence-corrected chi connectivity index (χ0v) is 7.26. The van der Waals surface area contributed by atoms with Gasteiger partial charge in [-0.1, -0.05) is 0 Å². The van der Waals surface area contributed by atoms with Crippen molar-refractivity contribution in [3.8, 4) is 5.75 Å². The normalized spacial score (nSPS) is 10.4. The van der Waals surface area contributed by atoms with Crippen LogP contribution >= 0.6 is 0 Å². The molecule has 2 rings (SSSR count). The van der Waals surface area contributed by atoms with Gasteiger partial charge in [0.2, 0.25) is 5.58 Å². The van der Waals surface area contributed by atoms with Crippen molar-refractivity contribution in [1.82, 2.24) is 4.98 Å². The molecule has 14 heavy (non-hydrogen) atoms. The summed E-state index contributed by atoms with van der Waals surface area (Å²) in [6.45, 7) is 0. The number of oxazole rings is 1. The van der Waals surface area contributed by atoms with Crippen LogP contribution in [-0.2, 0) is 0 Å². The molecule has 0 aliphatic heterocycles. The van der Waals surface area contributed by atoms with E-state index < -0.39 is 4.92 Å². The van der Waals surface area contributed by atoms with E-state index in [2.05, 4.69) is 4.98 Å². The van der Waals surface area contributed by atoms with Crippen molar-refractivity contribution in [3.63, 3.8) is 0 Å². The summed E-state index contributed by atoms with van der Waals surface area (Å²) in [4.78, 5) is 13.9. The van der Waals surface area contributed by atoms with E-state index in [-0.39, 0.29) is 11.3 Å². The van der Waals surface area contributed by atoms with Crippen LogP contribution in [0.2, 0.25) is 0 Å². The van der Waals surface area contributed by atoms with Gasteiger partial charge in [0, 0.05) is 6.07 Å². The van der Waals surface area contributed by atoms with Gasteiger partial charge in [-0.3, -0.25) is 10.1 Å². The van der Waals surface area contributed by atoms with Crippen molar-refractivity contribution in [1.29, 1.82) is 0 Å². The Bertz CT molecular complexity index is 491. The zero-order chi connectivity index (χ0) is 10.1. The van der Waals surface area contributed by atoms with E-state index in [1.807, 2.05) is 0 Å². The fraction of sp³-hybridized carbons (Fsp3) is 0.125. The summed E-state index contributed by atoms with van der Waals surface area (Å²) in [5.41, 5.74) is 0.384. The maximum absolute atomic E-state index is 10.6. The van der Waals surface area contributed by atoms with Gasteiger partial charge in [0.25, 0.3) is 0 Å². The van der Waals surface area contributed by atoms with Crippen LogP contribution < -0.4 is 4.74 Å². The standard InChI is InChI=1S/C8H6N2O4/c1-13-6-3-2-5(10(11)12)8-7(6)9-4-14-8/h2-4H,1H3. The number of nitro groups is 1. The number of ether oxygens (including phenoxy) is 1. The fourth-order valence-electron chi connectivity index (χ4n) is 1.22. The summed E-state index contributed by atoms with van der Waals surface area (Å²) < 4.78 is 9.90. The first-order valence-electron chi connectivity index (χ1n) is 3.78. The van der Waals surface area contributed by atoms with E-state index in [1.54, 1.807) is 0 Å². The van der Waals surface area contributed by atoms with E-state index >= 15 is 0 Å². The predicted octanol–water partition coefficient (Wildman–Crippen LogP) is 1.74. The van der Waals surface area contributed by atoms with Crippen molar-refractivity contribution >= 4 is 16.8 Å². The van der Waals surface area contributed by atoms with Crippen LogP contribution in [0.25, 0.3) is 11.1 Å². The van der Waals surface area contributed by atoms with Gasteiger partial charge < -0.3 is 9.15 Å². The molecular formula is C8H6N2O4. The third-order valence-electron chi connectivity index (χ3n) is 1.84. The number of non-ortho nitro benzene ring substituents is 1. The number of nitro benzene ring substituents is 1. The Kier molecular flexibility index (Phi) is 1.81. The smallest absolute Gasteiger partial charge is 0.314 e. The Labute approximate surface area is 78.3 Å². The van der Waals surface area contributed by atoms with Gasteiger partial charge >= 0.3 is 5.69 Å². The summed E-state index contributed by atoms with van der Waals surface area (Å²) in [6, 6.07) is 2.81. The number of aromatic nitrogens is 1. The summed E-state index contributed by atoms with van der Waals surface area (Å²) in [7, 11) is 1.47. The molecule has 1 heterocycles. The van der Waals surface area contributed by atoms with Crippen LogP contribution in [0, 0.1) is 10.1 Å². The number of nitrogens with zero attached hydrogens (tertiary/aromatic N) is 2. The Hall–Kier alpha value is -2.11. The van der Waals surface area contributed by atoms with Gasteiger partial charge in [-0.2, -0.15) is 0 Å². The molecule has 0 N–H and O–H groups in total. The first kappa shape index (κ1) is 8.49. The third kappa shape index (κ3) is 1.08. The van der Waals surface area contributed by atoms with Crippen LogP contribution in [-0.4, -0.2) is 17.0 Å². The summed E-state index contributed by atoms with van der Waals surface area (Å²) in [6.07, 6.45) is 1.15. The lowest BCUT2D eigenvalue weighted by atomic mass is 10.2. The lowest BCUT2D eigenvalue weighted by Crippen LogP contribution is -1.90. The van der Waals surface area contributed by atoms with Gasteiger partial charge in [0.05, 0.1) is 12.0 Å². The van der Waals surface area contributed by atoms with E-state index in [1.165, 1.54) is 19.2 Å².